The zero-order valence-electron chi connectivity index (χ0n) is 14.8. The Balaban J connectivity index is 1.75. The molecule has 0 radical (unpaired) electrons. The maximum Gasteiger partial charge on any atom is 0.133 e. The van der Waals surface area contributed by atoms with Crippen molar-refractivity contribution in [2.45, 2.75) is 83.8 Å². The van der Waals surface area contributed by atoms with Gasteiger partial charge >= 0.3 is 0 Å². The molecule has 4 fully saturated rings. The number of carbonyl (C=O) groups excluding carboxylic acids is 1. The smallest absolute Gasteiger partial charge is 0.133 e. The molecule has 4 aliphatic rings. The number of fused-ring (bicyclic) bond motifs is 5. The van der Waals surface area contributed by atoms with Crippen LogP contribution in [0.15, 0.2) is 0 Å². The van der Waals surface area contributed by atoms with Crippen molar-refractivity contribution in [3.05, 3.63) is 0 Å². The molecule has 0 aromatic rings. The SMILES string of the molecule is C[C@]12CCC(=O)C[C@@H]1CC[C@H]1[C@@H]3CC[C@H](O)[C@@]3(C)C[C@](C)(O)[C@@H]12. The van der Waals surface area contributed by atoms with Crippen LogP contribution < -0.4 is 0 Å². The minimum atomic E-state index is -0.727. The van der Waals surface area contributed by atoms with Gasteiger partial charge in [0.15, 0.2) is 0 Å². The van der Waals surface area contributed by atoms with E-state index in [2.05, 4.69) is 13.8 Å². The molecule has 0 aliphatic heterocycles. The van der Waals surface area contributed by atoms with Gasteiger partial charge in [-0.1, -0.05) is 13.8 Å². The molecule has 2 N–H and O–H groups in total. The van der Waals surface area contributed by atoms with Gasteiger partial charge in [-0.15, -0.1) is 0 Å². The van der Waals surface area contributed by atoms with E-state index in [1.165, 1.54) is 0 Å². The van der Waals surface area contributed by atoms with E-state index in [-0.39, 0.29) is 22.9 Å². The highest BCUT2D eigenvalue weighted by molar-refractivity contribution is 5.79. The molecule has 4 rings (SSSR count). The van der Waals surface area contributed by atoms with Crippen molar-refractivity contribution in [1.29, 1.82) is 0 Å². The third-order valence-electron chi connectivity index (χ3n) is 8.62. The zero-order chi connectivity index (χ0) is 16.6. The maximum atomic E-state index is 12.0. The Labute approximate surface area is 139 Å². The standard InChI is InChI=1S/C20H32O3/c1-18-9-8-13(21)10-12(18)4-5-14-15-6-7-16(22)19(15,2)11-20(3,23)17(14)18/h12,14-17,22-23H,4-11H2,1-3H3/t12-,14-,15-,16-,17-,18-,19-,20-/m0/s1. The van der Waals surface area contributed by atoms with Crippen molar-refractivity contribution in [3.8, 4) is 0 Å². The average molecular weight is 320 g/mol. The van der Waals surface area contributed by atoms with E-state index >= 15 is 0 Å². The van der Waals surface area contributed by atoms with Crippen LogP contribution in [0.5, 0.6) is 0 Å². The number of Topliss-reactive ketones (excluding diaryl/α,β-unsaturated/α-hetero) is 1. The Morgan fingerprint density at radius 3 is 2.52 bits per heavy atom. The van der Waals surface area contributed by atoms with Crippen LogP contribution >= 0.6 is 0 Å². The summed E-state index contributed by atoms with van der Waals surface area (Å²) in [7, 11) is 0. The van der Waals surface area contributed by atoms with Gasteiger partial charge in [-0.05, 0) is 80.0 Å². The van der Waals surface area contributed by atoms with Crippen molar-refractivity contribution in [3.63, 3.8) is 0 Å². The lowest BCUT2D eigenvalue weighted by Gasteiger charge is -2.64. The third-order valence-corrected chi connectivity index (χ3v) is 8.62. The van der Waals surface area contributed by atoms with Crippen LogP contribution in [0.1, 0.15) is 72.1 Å². The highest BCUT2D eigenvalue weighted by atomic mass is 16.3. The molecule has 23 heavy (non-hydrogen) atoms. The van der Waals surface area contributed by atoms with Crippen molar-refractivity contribution in [2.24, 2.45) is 34.5 Å². The lowest BCUT2D eigenvalue weighted by Crippen LogP contribution is -2.63. The summed E-state index contributed by atoms with van der Waals surface area (Å²) in [5, 5.41) is 22.1. The Morgan fingerprint density at radius 2 is 1.78 bits per heavy atom. The predicted octanol–water partition coefficient (Wildman–Crippen LogP) is 3.32. The van der Waals surface area contributed by atoms with Gasteiger partial charge < -0.3 is 10.2 Å². The summed E-state index contributed by atoms with van der Waals surface area (Å²) < 4.78 is 0. The minimum Gasteiger partial charge on any atom is -0.393 e. The monoisotopic (exact) mass is 320 g/mol. The summed E-state index contributed by atoms with van der Waals surface area (Å²) in [6.07, 6.45) is 7.05. The number of hydrogen-bond donors (Lipinski definition) is 2. The summed E-state index contributed by atoms with van der Waals surface area (Å²) in [5.41, 5.74) is -0.761. The summed E-state index contributed by atoms with van der Waals surface area (Å²) >= 11 is 0. The molecule has 0 heterocycles. The van der Waals surface area contributed by atoms with E-state index in [9.17, 15) is 15.0 Å². The Hall–Kier alpha value is -0.410. The highest BCUT2D eigenvalue weighted by Gasteiger charge is 2.66. The number of aliphatic hydroxyl groups is 2. The molecule has 3 nitrogen and oxygen atoms in total. The molecule has 0 aromatic heterocycles. The van der Waals surface area contributed by atoms with Gasteiger partial charge in [0.25, 0.3) is 0 Å². The maximum absolute atomic E-state index is 12.0. The minimum absolute atomic E-state index is 0.0925. The van der Waals surface area contributed by atoms with E-state index in [1.54, 1.807) is 0 Å². The first-order valence-electron chi connectivity index (χ1n) is 9.60. The summed E-state index contributed by atoms with van der Waals surface area (Å²) in [6.45, 7) is 6.57. The van der Waals surface area contributed by atoms with Crippen LogP contribution in [0.2, 0.25) is 0 Å². The number of carbonyl (C=O) groups is 1. The number of aliphatic hydroxyl groups excluding tert-OH is 1. The molecule has 0 spiro atoms. The van der Waals surface area contributed by atoms with Crippen LogP contribution in [0.3, 0.4) is 0 Å². The van der Waals surface area contributed by atoms with Crippen LogP contribution in [0, 0.1) is 34.5 Å². The molecular weight excluding hydrogens is 288 g/mol. The molecule has 0 amide bonds. The summed E-state index contributed by atoms with van der Waals surface area (Å²) in [4.78, 5) is 12.0. The second-order valence-electron chi connectivity index (χ2n) is 9.90. The molecular formula is C20H32O3. The molecule has 8 atom stereocenters. The lowest BCUT2D eigenvalue weighted by molar-refractivity contribution is -0.218. The second-order valence-corrected chi connectivity index (χ2v) is 9.90. The van der Waals surface area contributed by atoms with E-state index in [0.29, 0.717) is 36.4 Å². The van der Waals surface area contributed by atoms with Gasteiger partial charge in [0, 0.05) is 12.8 Å². The Kier molecular flexibility index (Phi) is 3.37. The Bertz CT molecular complexity index is 527. The molecule has 130 valence electrons. The Morgan fingerprint density at radius 1 is 1.04 bits per heavy atom. The van der Waals surface area contributed by atoms with Gasteiger partial charge in [0.2, 0.25) is 0 Å². The molecule has 0 bridgehead atoms. The van der Waals surface area contributed by atoms with Gasteiger partial charge in [-0.2, -0.15) is 0 Å². The molecule has 3 heteroatoms. The molecule has 4 aliphatic carbocycles. The van der Waals surface area contributed by atoms with E-state index in [1.807, 2.05) is 6.92 Å². The van der Waals surface area contributed by atoms with E-state index in [0.717, 1.165) is 38.5 Å². The van der Waals surface area contributed by atoms with Crippen LogP contribution in [-0.2, 0) is 4.79 Å². The van der Waals surface area contributed by atoms with Crippen LogP contribution in [0.4, 0.5) is 0 Å². The second kappa shape index (κ2) is 4.82. The van der Waals surface area contributed by atoms with E-state index < -0.39 is 5.60 Å². The average Bonchev–Trinajstić information content (AvgIpc) is 2.73. The van der Waals surface area contributed by atoms with Gasteiger partial charge in [0.05, 0.1) is 11.7 Å². The first kappa shape index (κ1) is 16.1. The summed E-state index contributed by atoms with van der Waals surface area (Å²) in [5.74, 6) is 2.20. The molecule has 4 saturated carbocycles. The fourth-order valence-corrected chi connectivity index (χ4v) is 7.80. The van der Waals surface area contributed by atoms with Gasteiger partial charge in [-0.3, -0.25) is 4.79 Å². The normalized spacial score (nSPS) is 59.2. The number of rotatable bonds is 0. The topological polar surface area (TPSA) is 57.5 Å². The first-order valence-corrected chi connectivity index (χ1v) is 9.60. The first-order chi connectivity index (χ1) is 10.7. The molecule has 0 saturated heterocycles. The van der Waals surface area contributed by atoms with Gasteiger partial charge in [-0.25, -0.2) is 0 Å². The molecule has 0 unspecified atom stereocenters. The fourth-order valence-electron chi connectivity index (χ4n) is 7.80. The third kappa shape index (κ3) is 2.05. The fraction of sp³-hybridized carbons (Fsp3) is 0.950. The predicted molar refractivity (Wildman–Crippen MR) is 88.7 cm³/mol. The van der Waals surface area contributed by atoms with Crippen molar-refractivity contribution >= 4 is 5.78 Å². The number of ketones is 1. The zero-order valence-corrected chi connectivity index (χ0v) is 14.8. The number of hydrogen-bond acceptors (Lipinski definition) is 3. The quantitative estimate of drug-likeness (QED) is 0.720. The van der Waals surface area contributed by atoms with Crippen LogP contribution in [0.25, 0.3) is 0 Å². The van der Waals surface area contributed by atoms with Crippen molar-refractivity contribution in [1.82, 2.24) is 0 Å². The van der Waals surface area contributed by atoms with Crippen molar-refractivity contribution < 1.29 is 15.0 Å². The van der Waals surface area contributed by atoms with E-state index in [4.69, 9.17) is 0 Å². The highest BCUT2D eigenvalue weighted by Crippen LogP contribution is 2.68. The van der Waals surface area contributed by atoms with Crippen molar-refractivity contribution in [2.75, 3.05) is 0 Å². The summed E-state index contributed by atoms with van der Waals surface area (Å²) in [6, 6.07) is 0. The largest absolute Gasteiger partial charge is 0.393 e. The lowest BCUT2D eigenvalue weighted by atomic mass is 9.41. The van der Waals surface area contributed by atoms with Crippen LogP contribution in [-0.4, -0.2) is 27.7 Å². The molecule has 0 aromatic carbocycles. The van der Waals surface area contributed by atoms with Gasteiger partial charge in [0.1, 0.15) is 5.78 Å².